The van der Waals surface area contributed by atoms with Crippen LogP contribution in [0.2, 0.25) is 0 Å². The third-order valence-corrected chi connectivity index (χ3v) is 4.92. The number of carbonyl (C=O) groups is 1. The van der Waals surface area contributed by atoms with Crippen LogP contribution in [0.5, 0.6) is 5.75 Å². The summed E-state index contributed by atoms with van der Waals surface area (Å²) < 4.78 is 11.4. The zero-order chi connectivity index (χ0) is 17.9. The third kappa shape index (κ3) is 3.83. The van der Waals surface area contributed by atoms with E-state index in [2.05, 4.69) is 13.8 Å². The summed E-state index contributed by atoms with van der Waals surface area (Å²) in [5.74, 6) is 1.39. The van der Waals surface area contributed by atoms with Gasteiger partial charge in [-0.25, -0.2) is 4.79 Å². The number of morpholine rings is 1. The van der Waals surface area contributed by atoms with Crippen LogP contribution in [0.3, 0.4) is 0 Å². The van der Waals surface area contributed by atoms with Crippen molar-refractivity contribution < 1.29 is 14.3 Å². The number of primary amides is 1. The first-order valence-electron chi connectivity index (χ1n) is 8.61. The van der Waals surface area contributed by atoms with Crippen LogP contribution in [0.15, 0.2) is 24.3 Å². The number of nitrogens with zero attached hydrogens (tertiary/aromatic N) is 1. The number of nitrogens with two attached hydrogens (primary N) is 1. The first-order valence-corrected chi connectivity index (χ1v) is 8.61. The highest BCUT2D eigenvalue weighted by molar-refractivity contribution is 5.74. The molecule has 5 nitrogen and oxygen atoms in total. The third-order valence-electron chi connectivity index (χ3n) is 4.92. The molecular formula is C19H30N2O3. The van der Waals surface area contributed by atoms with Crippen LogP contribution in [0.25, 0.3) is 0 Å². The lowest BCUT2D eigenvalue weighted by molar-refractivity contribution is -0.126. The molecule has 24 heavy (non-hydrogen) atoms. The lowest BCUT2D eigenvalue weighted by atomic mass is 9.85. The molecule has 1 saturated heterocycles. The molecule has 2 amide bonds. The van der Waals surface area contributed by atoms with Crippen molar-refractivity contribution in [2.24, 2.45) is 11.7 Å². The molecule has 0 aromatic heterocycles. The summed E-state index contributed by atoms with van der Waals surface area (Å²) >= 11 is 0. The van der Waals surface area contributed by atoms with E-state index in [1.165, 1.54) is 0 Å². The fourth-order valence-electron chi connectivity index (χ4n) is 3.47. The molecule has 5 heteroatoms. The van der Waals surface area contributed by atoms with E-state index in [9.17, 15) is 4.79 Å². The zero-order valence-corrected chi connectivity index (χ0v) is 15.4. The molecule has 1 aromatic rings. The average Bonchev–Trinajstić information content (AvgIpc) is 2.52. The first-order chi connectivity index (χ1) is 11.3. The van der Waals surface area contributed by atoms with Gasteiger partial charge >= 0.3 is 6.03 Å². The first kappa shape index (κ1) is 18.6. The van der Waals surface area contributed by atoms with Crippen molar-refractivity contribution in [2.75, 3.05) is 13.7 Å². The number of methoxy groups -OCH3 is 1. The summed E-state index contributed by atoms with van der Waals surface area (Å²) in [6.45, 7) is 8.93. The van der Waals surface area contributed by atoms with Gasteiger partial charge in [0.25, 0.3) is 0 Å². The van der Waals surface area contributed by atoms with E-state index in [0.29, 0.717) is 12.5 Å². The maximum Gasteiger partial charge on any atom is 0.315 e. The van der Waals surface area contributed by atoms with E-state index in [1.807, 2.05) is 38.1 Å². The van der Waals surface area contributed by atoms with Gasteiger partial charge in [0.05, 0.1) is 31.4 Å². The van der Waals surface area contributed by atoms with Crippen LogP contribution in [-0.2, 0) is 4.74 Å². The number of hydrogen-bond acceptors (Lipinski definition) is 3. The lowest BCUT2D eigenvalue weighted by Gasteiger charge is -2.51. The molecule has 1 fully saturated rings. The summed E-state index contributed by atoms with van der Waals surface area (Å²) in [4.78, 5) is 14.0. The quantitative estimate of drug-likeness (QED) is 0.892. The number of amides is 2. The molecule has 134 valence electrons. The Labute approximate surface area is 145 Å². The normalized spacial score (nSPS) is 23.3. The van der Waals surface area contributed by atoms with Crippen LogP contribution >= 0.6 is 0 Å². The van der Waals surface area contributed by atoms with E-state index in [4.69, 9.17) is 15.2 Å². The minimum absolute atomic E-state index is 0.0121. The van der Waals surface area contributed by atoms with Gasteiger partial charge in [-0.2, -0.15) is 0 Å². The van der Waals surface area contributed by atoms with Crippen molar-refractivity contribution in [3.8, 4) is 5.75 Å². The highest BCUT2D eigenvalue weighted by atomic mass is 16.5. The molecule has 2 atom stereocenters. The van der Waals surface area contributed by atoms with E-state index in [-0.39, 0.29) is 12.1 Å². The van der Waals surface area contributed by atoms with Crippen molar-refractivity contribution in [3.63, 3.8) is 0 Å². The highest BCUT2D eigenvalue weighted by Crippen LogP contribution is 2.39. The van der Waals surface area contributed by atoms with Crippen molar-refractivity contribution in [1.29, 1.82) is 0 Å². The topological polar surface area (TPSA) is 64.8 Å². The number of benzene rings is 1. The highest BCUT2D eigenvalue weighted by Gasteiger charge is 2.46. The number of ether oxygens (including phenoxy) is 2. The van der Waals surface area contributed by atoms with Gasteiger partial charge in [-0.05, 0) is 50.3 Å². The summed E-state index contributed by atoms with van der Waals surface area (Å²) in [7, 11) is 1.64. The number of hydrogen-bond donors (Lipinski definition) is 1. The minimum atomic E-state index is -0.455. The Bertz CT molecular complexity index is 554. The van der Waals surface area contributed by atoms with Crippen LogP contribution in [0.1, 0.15) is 52.1 Å². The Kier molecular flexibility index (Phi) is 5.75. The average molecular weight is 334 g/mol. The number of rotatable bonds is 5. The zero-order valence-electron chi connectivity index (χ0n) is 15.4. The molecule has 2 N–H and O–H groups in total. The largest absolute Gasteiger partial charge is 0.497 e. The van der Waals surface area contributed by atoms with Crippen molar-refractivity contribution in [2.45, 2.75) is 58.2 Å². The van der Waals surface area contributed by atoms with Gasteiger partial charge < -0.3 is 20.1 Å². The fourth-order valence-corrected chi connectivity index (χ4v) is 3.47. The van der Waals surface area contributed by atoms with Gasteiger partial charge in [0, 0.05) is 0 Å². The van der Waals surface area contributed by atoms with Gasteiger partial charge in [-0.3, -0.25) is 0 Å². The molecule has 2 unspecified atom stereocenters. The van der Waals surface area contributed by atoms with Crippen LogP contribution in [0, 0.1) is 5.92 Å². The van der Waals surface area contributed by atoms with Gasteiger partial charge in [-0.15, -0.1) is 0 Å². The monoisotopic (exact) mass is 334 g/mol. The Hall–Kier alpha value is -1.75. The van der Waals surface area contributed by atoms with Crippen LogP contribution in [-0.4, -0.2) is 36.3 Å². The van der Waals surface area contributed by atoms with E-state index < -0.39 is 11.6 Å². The van der Waals surface area contributed by atoms with Crippen LogP contribution in [0.4, 0.5) is 4.79 Å². The second-order valence-electron chi connectivity index (χ2n) is 7.44. The fraction of sp³-hybridized carbons (Fsp3) is 0.632. The maximum atomic E-state index is 12.2. The van der Waals surface area contributed by atoms with Crippen molar-refractivity contribution in [1.82, 2.24) is 4.90 Å². The molecule has 0 spiro atoms. The molecule has 2 rings (SSSR count). The summed E-state index contributed by atoms with van der Waals surface area (Å²) in [6, 6.07) is 7.14. The van der Waals surface area contributed by atoms with Gasteiger partial charge in [-0.1, -0.05) is 26.0 Å². The van der Waals surface area contributed by atoms with E-state index >= 15 is 0 Å². The Balaban J connectivity index is 2.26. The van der Waals surface area contributed by atoms with Gasteiger partial charge in [0.2, 0.25) is 0 Å². The Morgan fingerprint density at radius 3 is 2.50 bits per heavy atom. The number of carbonyl (C=O) groups excluding carboxylic acids is 1. The molecule has 1 heterocycles. The van der Waals surface area contributed by atoms with Gasteiger partial charge in [0.15, 0.2) is 0 Å². The van der Waals surface area contributed by atoms with E-state index in [0.717, 1.165) is 24.2 Å². The SMILES string of the molecule is COc1ccc(C2COC(CCC(C)C)C(C)(C)N2C(N)=O)cc1. The molecule has 1 aromatic carbocycles. The molecule has 0 saturated carbocycles. The van der Waals surface area contributed by atoms with Crippen LogP contribution < -0.4 is 10.5 Å². The van der Waals surface area contributed by atoms with Crippen molar-refractivity contribution >= 4 is 6.03 Å². The Morgan fingerprint density at radius 1 is 1.38 bits per heavy atom. The smallest absolute Gasteiger partial charge is 0.315 e. The predicted molar refractivity (Wildman–Crippen MR) is 95.0 cm³/mol. The molecule has 1 aliphatic rings. The second kappa shape index (κ2) is 7.43. The standard InChI is InChI=1S/C19H30N2O3/c1-13(2)6-11-17-19(3,4)21(18(20)22)16(12-24-17)14-7-9-15(23-5)10-8-14/h7-10,13,16-17H,6,11-12H2,1-5H3,(H2,20,22). The van der Waals surface area contributed by atoms with Gasteiger partial charge in [0.1, 0.15) is 5.75 Å². The predicted octanol–water partition coefficient (Wildman–Crippen LogP) is 3.73. The molecule has 0 aliphatic carbocycles. The summed E-state index contributed by atoms with van der Waals surface area (Å²) in [6.07, 6.45) is 1.97. The number of urea groups is 1. The summed E-state index contributed by atoms with van der Waals surface area (Å²) in [5, 5.41) is 0. The Morgan fingerprint density at radius 2 is 2.00 bits per heavy atom. The second-order valence-corrected chi connectivity index (χ2v) is 7.44. The van der Waals surface area contributed by atoms with Crippen molar-refractivity contribution in [3.05, 3.63) is 29.8 Å². The maximum absolute atomic E-state index is 12.2. The molecule has 1 aliphatic heterocycles. The minimum Gasteiger partial charge on any atom is -0.497 e. The lowest BCUT2D eigenvalue weighted by Crippen LogP contribution is -2.63. The van der Waals surface area contributed by atoms with E-state index in [1.54, 1.807) is 12.0 Å². The summed E-state index contributed by atoms with van der Waals surface area (Å²) in [5.41, 5.74) is 6.30. The molecule has 0 bridgehead atoms. The molecule has 0 radical (unpaired) electrons. The molecular weight excluding hydrogens is 304 g/mol.